The highest BCUT2D eigenvalue weighted by molar-refractivity contribution is 9.08. The van der Waals surface area contributed by atoms with Gasteiger partial charge in [-0.2, -0.15) is 0 Å². The number of rotatable bonds is 1. The summed E-state index contributed by atoms with van der Waals surface area (Å²) in [6.07, 6.45) is 5.08. The molecule has 1 aromatic rings. The van der Waals surface area contributed by atoms with Gasteiger partial charge < -0.3 is 0 Å². The monoisotopic (exact) mass is 172 g/mol. The van der Waals surface area contributed by atoms with E-state index in [9.17, 15) is 0 Å². The maximum absolute atomic E-state index is 3.81. The molecule has 0 aliphatic heterocycles. The third-order valence-electron chi connectivity index (χ3n) is 0.768. The fourth-order valence-corrected chi connectivity index (χ4v) is 0.689. The van der Waals surface area contributed by atoms with Crippen LogP contribution in [0.1, 0.15) is 5.56 Å². The van der Waals surface area contributed by atoms with E-state index in [0.29, 0.717) is 0 Å². The maximum atomic E-state index is 3.81. The van der Waals surface area contributed by atoms with Crippen molar-refractivity contribution < 1.29 is 0 Å². The normalized spacial score (nSPS) is 9.12. The number of hydrogen-bond acceptors (Lipinski definition) is 2. The van der Waals surface area contributed by atoms with Crippen LogP contribution in [0.5, 0.6) is 0 Å². The number of hydrogen-bond donors (Lipinski definition) is 0. The second kappa shape index (κ2) is 2.77. The Morgan fingerprint density at radius 3 is 2.38 bits per heavy atom. The van der Waals surface area contributed by atoms with Crippen molar-refractivity contribution in [2.24, 2.45) is 0 Å². The molecule has 0 saturated heterocycles. The summed E-state index contributed by atoms with van der Waals surface area (Å²) >= 11 is 3.28. The molecular weight excluding hydrogens is 168 g/mol. The van der Waals surface area contributed by atoms with E-state index in [0.717, 1.165) is 10.9 Å². The Morgan fingerprint density at radius 2 is 2.00 bits per heavy atom. The standard InChI is InChI=1S/C5H5BrN2/c6-1-5-2-7-4-8-3-5/h2-4H,1H2. The molecule has 0 saturated carbocycles. The molecule has 0 amide bonds. The van der Waals surface area contributed by atoms with Crippen molar-refractivity contribution in [3.8, 4) is 0 Å². The fraction of sp³-hybridized carbons (Fsp3) is 0.200. The van der Waals surface area contributed by atoms with Crippen molar-refractivity contribution in [3.63, 3.8) is 0 Å². The fourth-order valence-electron chi connectivity index (χ4n) is 0.399. The minimum atomic E-state index is 0.827. The van der Waals surface area contributed by atoms with Crippen LogP contribution >= 0.6 is 15.9 Å². The van der Waals surface area contributed by atoms with Crippen LogP contribution in [0.25, 0.3) is 0 Å². The van der Waals surface area contributed by atoms with Gasteiger partial charge in [0.25, 0.3) is 0 Å². The second-order valence-electron chi connectivity index (χ2n) is 1.38. The molecule has 0 aromatic carbocycles. The quantitative estimate of drug-likeness (QED) is 0.599. The van der Waals surface area contributed by atoms with Crippen LogP contribution in [0.3, 0.4) is 0 Å². The van der Waals surface area contributed by atoms with E-state index in [1.807, 2.05) is 0 Å². The van der Waals surface area contributed by atoms with Crippen molar-refractivity contribution in [2.75, 3.05) is 0 Å². The second-order valence-corrected chi connectivity index (χ2v) is 1.94. The van der Waals surface area contributed by atoms with E-state index in [1.165, 1.54) is 6.33 Å². The lowest BCUT2D eigenvalue weighted by atomic mass is 10.4. The summed E-state index contributed by atoms with van der Waals surface area (Å²) in [7, 11) is 0. The van der Waals surface area contributed by atoms with Gasteiger partial charge in [0.2, 0.25) is 0 Å². The van der Waals surface area contributed by atoms with Crippen molar-refractivity contribution in [1.29, 1.82) is 0 Å². The minimum Gasteiger partial charge on any atom is -0.245 e. The number of alkyl halides is 1. The predicted molar refractivity (Wildman–Crippen MR) is 34.7 cm³/mol. The van der Waals surface area contributed by atoms with Gasteiger partial charge >= 0.3 is 0 Å². The summed E-state index contributed by atoms with van der Waals surface area (Å²) in [4.78, 5) is 7.63. The molecule has 1 rings (SSSR count). The van der Waals surface area contributed by atoms with Crippen LogP contribution in [0.15, 0.2) is 18.7 Å². The van der Waals surface area contributed by atoms with Crippen LogP contribution in [0.2, 0.25) is 0 Å². The Bertz CT molecular complexity index is 152. The summed E-state index contributed by atoms with van der Waals surface area (Å²) in [6.45, 7) is 0. The third-order valence-corrected chi connectivity index (χ3v) is 1.42. The molecule has 42 valence electrons. The van der Waals surface area contributed by atoms with Gasteiger partial charge in [0.15, 0.2) is 0 Å². The Hall–Kier alpha value is -0.440. The molecule has 0 atom stereocenters. The molecule has 0 bridgehead atoms. The van der Waals surface area contributed by atoms with Crippen molar-refractivity contribution in [3.05, 3.63) is 24.3 Å². The van der Waals surface area contributed by atoms with Crippen LogP contribution in [-0.4, -0.2) is 9.97 Å². The zero-order valence-electron chi connectivity index (χ0n) is 4.21. The van der Waals surface area contributed by atoms with Gasteiger partial charge in [0.05, 0.1) is 0 Å². The molecule has 8 heavy (non-hydrogen) atoms. The molecule has 0 N–H and O–H groups in total. The molecule has 1 aromatic heterocycles. The molecule has 0 radical (unpaired) electrons. The number of halogens is 1. The number of nitrogens with zero attached hydrogens (tertiary/aromatic N) is 2. The van der Waals surface area contributed by atoms with Gasteiger partial charge in [-0.05, 0) is 5.56 Å². The molecule has 2 nitrogen and oxygen atoms in total. The molecule has 0 aliphatic carbocycles. The van der Waals surface area contributed by atoms with Gasteiger partial charge in [-0.3, -0.25) is 0 Å². The van der Waals surface area contributed by atoms with Crippen molar-refractivity contribution in [1.82, 2.24) is 9.97 Å². The van der Waals surface area contributed by atoms with Crippen LogP contribution in [-0.2, 0) is 5.33 Å². The molecule has 3 heteroatoms. The van der Waals surface area contributed by atoms with Gasteiger partial charge in [0.1, 0.15) is 6.33 Å². The van der Waals surface area contributed by atoms with Crippen LogP contribution in [0, 0.1) is 0 Å². The molecule has 0 fully saturated rings. The zero-order valence-corrected chi connectivity index (χ0v) is 5.80. The SMILES string of the molecule is BrCc1cncnc1. The first-order valence-corrected chi connectivity index (χ1v) is 3.35. The van der Waals surface area contributed by atoms with Crippen molar-refractivity contribution >= 4 is 15.9 Å². The van der Waals surface area contributed by atoms with Gasteiger partial charge in [-0.15, -0.1) is 0 Å². The number of aromatic nitrogens is 2. The first kappa shape index (κ1) is 5.69. The smallest absolute Gasteiger partial charge is 0.115 e. The lowest BCUT2D eigenvalue weighted by molar-refractivity contribution is 1.12. The van der Waals surface area contributed by atoms with Gasteiger partial charge in [-0.1, -0.05) is 15.9 Å². The highest BCUT2D eigenvalue weighted by Crippen LogP contribution is 1.98. The first-order chi connectivity index (χ1) is 3.93. The summed E-state index contributed by atoms with van der Waals surface area (Å²) in [5.41, 5.74) is 1.10. The van der Waals surface area contributed by atoms with E-state index >= 15 is 0 Å². The minimum absolute atomic E-state index is 0.827. The summed E-state index contributed by atoms with van der Waals surface area (Å²) in [5, 5.41) is 0.827. The zero-order chi connectivity index (χ0) is 5.82. The first-order valence-electron chi connectivity index (χ1n) is 2.23. The highest BCUT2D eigenvalue weighted by Gasteiger charge is 1.83. The predicted octanol–water partition coefficient (Wildman–Crippen LogP) is 1.37. The van der Waals surface area contributed by atoms with Crippen molar-refractivity contribution in [2.45, 2.75) is 5.33 Å². The highest BCUT2D eigenvalue weighted by atomic mass is 79.9. The average Bonchev–Trinajstić information content (AvgIpc) is 1.90. The molecule has 0 spiro atoms. The summed E-state index contributed by atoms with van der Waals surface area (Å²) < 4.78 is 0. The van der Waals surface area contributed by atoms with Crippen LogP contribution < -0.4 is 0 Å². The molecular formula is C5H5BrN2. The van der Waals surface area contributed by atoms with Gasteiger partial charge in [-0.25, -0.2) is 9.97 Å². The Labute approximate surface area is 56.1 Å². The van der Waals surface area contributed by atoms with E-state index in [2.05, 4.69) is 25.9 Å². The molecule has 0 unspecified atom stereocenters. The summed E-state index contributed by atoms with van der Waals surface area (Å²) in [5.74, 6) is 0. The summed E-state index contributed by atoms with van der Waals surface area (Å²) in [6, 6.07) is 0. The average molecular weight is 173 g/mol. The molecule has 1 heterocycles. The Balaban J connectivity index is 2.83. The Kier molecular flexibility index (Phi) is 1.97. The lowest BCUT2D eigenvalue weighted by Crippen LogP contribution is -1.80. The maximum Gasteiger partial charge on any atom is 0.115 e. The molecule has 0 aliphatic rings. The van der Waals surface area contributed by atoms with Crippen LogP contribution in [0.4, 0.5) is 0 Å². The third kappa shape index (κ3) is 1.26. The largest absolute Gasteiger partial charge is 0.245 e. The van der Waals surface area contributed by atoms with E-state index in [1.54, 1.807) is 12.4 Å². The van der Waals surface area contributed by atoms with E-state index < -0.39 is 0 Å². The van der Waals surface area contributed by atoms with Gasteiger partial charge in [0, 0.05) is 17.7 Å². The van der Waals surface area contributed by atoms with E-state index in [4.69, 9.17) is 0 Å². The Morgan fingerprint density at radius 1 is 1.38 bits per heavy atom. The topological polar surface area (TPSA) is 25.8 Å². The van der Waals surface area contributed by atoms with E-state index in [-0.39, 0.29) is 0 Å². The lowest BCUT2D eigenvalue weighted by Gasteiger charge is -1.86.